The number of rotatable bonds is 5. The van der Waals surface area contributed by atoms with Gasteiger partial charge in [-0.2, -0.15) is 0 Å². The van der Waals surface area contributed by atoms with Crippen molar-refractivity contribution in [3.63, 3.8) is 0 Å². The summed E-state index contributed by atoms with van der Waals surface area (Å²) < 4.78 is 0. The Balaban J connectivity index is 1.95. The van der Waals surface area contributed by atoms with Gasteiger partial charge in [0.25, 0.3) is 5.91 Å². The lowest BCUT2D eigenvalue weighted by Crippen LogP contribution is -2.37. The molecule has 4 nitrogen and oxygen atoms in total. The first-order valence-electron chi connectivity index (χ1n) is 7.60. The summed E-state index contributed by atoms with van der Waals surface area (Å²) in [6.07, 6.45) is 2.29. The van der Waals surface area contributed by atoms with Crippen LogP contribution >= 0.6 is 11.6 Å². The molecule has 0 bridgehead atoms. The minimum Gasteiger partial charge on any atom is -0.385 e. The van der Waals surface area contributed by atoms with Crippen LogP contribution in [0.25, 0.3) is 0 Å². The van der Waals surface area contributed by atoms with Crippen LogP contribution < -0.4 is 10.6 Å². The van der Waals surface area contributed by atoms with Crippen molar-refractivity contribution in [3.8, 4) is 0 Å². The maximum atomic E-state index is 12.4. The molecule has 0 spiro atoms. The van der Waals surface area contributed by atoms with Gasteiger partial charge in [0.15, 0.2) is 0 Å². The number of nitrogens with one attached hydrogen (secondary N) is 2. The molecule has 5 heteroatoms. The summed E-state index contributed by atoms with van der Waals surface area (Å²) in [6, 6.07) is 5.38. The van der Waals surface area contributed by atoms with Crippen LogP contribution in [0.3, 0.4) is 0 Å². The normalized spacial score (nSPS) is 16.7. The Bertz CT molecular complexity index is 484. The van der Waals surface area contributed by atoms with Crippen molar-refractivity contribution in [2.75, 3.05) is 38.5 Å². The van der Waals surface area contributed by atoms with E-state index in [1.165, 1.54) is 0 Å². The molecule has 1 aliphatic heterocycles. The van der Waals surface area contributed by atoms with Gasteiger partial charge >= 0.3 is 0 Å². The topological polar surface area (TPSA) is 44.4 Å². The molecular weight excluding hydrogens is 286 g/mol. The number of carbonyl (C=O) groups is 1. The molecule has 2 N–H and O–H groups in total. The molecule has 1 aromatic carbocycles. The number of likely N-dealkylation sites (tertiary alicyclic amines) is 1. The average Bonchev–Trinajstić information content (AvgIpc) is 2.48. The van der Waals surface area contributed by atoms with Gasteiger partial charge in [-0.1, -0.05) is 11.6 Å². The molecule has 0 saturated carbocycles. The number of halogens is 1. The van der Waals surface area contributed by atoms with Crippen molar-refractivity contribution in [2.45, 2.75) is 19.8 Å². The highest BCUT2D eigenvalue weighted by molar-refractivity contribution is 6.31. The monoisotopic (exact) mass is 309 g/mol. The lowest BCUT2D eigenvalue weighted by atomic mass is 9.97. The number of anilines is 1. The van der Waals surface area contributed by atoms with Crippen LogP contribution in [-0.4, -0.2) is 44.0 Å². The van der Waals surface area contributed by atoms with Crippen molar-refractivity contribution < 1.29 is 4.79 Å². The second-order valence-corrected chi connectivity index (χ2v) is 6.11. The lowest BCUT2D eigenvalue weighted by molar-refractivity contribution is 0.0940. The molecule has 1 amide bonds. The van der Waals surface area contributed by atoms with E-state index in [1.807, 2.05) is 13.0 Å². The highest BCUT2D eigenvalue weighted by Crippen LogP contribution is 2.21. The second kappa shape index (κ2) is 7.66. The Labute approximate surface area is 131 Å². The molecule has 21 heavy (non-hydrogen) atoms. The summed E-state index contributed by atoms with van der Waals surface area (Å²) in [5.41, 5.74) is 1.46. The molecule has 0 aliphatic carbocycles. The summed E-state index contributed by atoms with van der Waals surface area (Å²) in [7, 11) is 2.14. The van der Waals surface area contributed by atoms with E-state index < -0.39 is 0 Å². The number of hydrogen-bond acceptors (Lipinski definition) is 3. The summed E-state index contributed by atoms with van der Waals surface area (Å²) in [5, 5.41) is 6.84. The molecule has 0 unspecified atom stereocenters. The quantitative estimate of drug-likeness (QED) is 0.879. The third-order valence-electron chi connectivity index (χ3n) is 3.98. The summed E-state index contributed by atoms with van der Waals surface area (Å²) in [6.45, 7) is 5.75. The average molecular weight is 310 g/mol. The van der Waals surface area contributed by atoms with Gasteiger partial charge in [0.1, 0.15) is 0 Å². The highest BCUT2D eigenvalue weighted by atomic mass is 35.5. The van der Waals surface area contributed by atoms with Gasteiger partial charge < -0.3 is 15.5 Å². The lowest BCUT2D eigenvalue weighted by Gasteiger charge is -2.29. The van der Waals surface area contributed by atoms with Crippen LogP contribution in [0.4, 0.5) is 5.69 Å². The van der Waals surface area contributed by atoms with Gasteiger partial charge in [-0.15, -0.1) is 0 Å². The van der Waals surface area contributed by atoms with Crippen LogP contribution in [-0.2, 0) is 0 Å². The molecule has 1 aromatic rings. The van der Waals surface area contributed by atoms with Crippen LogP contribution in [0, 0.1) is 5.92 Å². The predicted molar refractivity (Wildman–Crippen MR) is 88.2 cm³/mol. The molecule has 116 valence electrons. The number of nitrogens with zero attached hydrogens (tertiary/aromatic N) is 1. The van der Waals surface area contributed by atoms with Gasteiger partial charge in [-0.3, -0.25) is 4.79 Å². The minimum atomic E-state index is -0.0487. The van der Waals surface area contributed by atoms with Crippen molar-refractivity contribution in [1.29, 1.82) is 0 Å². The fourth-order valence-electron chi connectivity index (χ4n) is 2.65. The molecule has 1 fully saturated rings. The second-order valence-electron chi connectivity index (χ2n) is 5.68. The Kier molecular flexibility index (Phi) is 5.88. The van der Waals surface area contributed by atoms with E-state index in [2.05, 4.69) is 22.6 Å². The van der Waals surface area contributed by atoms with E-state index in [-0.39, 0.29) is 5.91 Å². The zero-order valence-corrected chi connectivity index (χ0v) is 13.5. The van der Waals surface area contributed by atoms with E-state index in [1.54, 1.807) is 12.1 Å². The van der Waals surface area contributed by atoms with Gasteiger partial charge in [0.2, 0.25) is 0 Å². The molecule has 2 rings (SSSR count). The van der Waals surface area contributed by atoms with E-state index in [0.29, 0.717) is 16.5 Å². The van der Waals surface area contributed by atoms with Crippen molar-refractivity contribution >= 4 is 23.2 Å². The Morgan fingerprint density at radius 1 is 1.38 bits per heavy atom. The Morgan fingerprint density at radius 2 is 2.10 bits per heavy atom. The first kappa shape index (κ1) is 16.1. The first-order chi connectivity index (χ1) is 10.1. The first-order valence-corrected chi connectivity index (χ1v) is 7.98. The third-order valence-corrected chi connectivity index (χ3v) is 4.22. The third kappa shape index (κ3) is 4.61. The number of amides is 1. The fourth-order valence-corrected chi connectivity index (χ4v) is 2.82. The molecule has 1 saturated heterocycles. The van der Waals surface area contributed by atoms with Crippen molar-refractivity contribution in [1.82, 2.24) is 10.2 Å². The Morgan fingerprint density at radius 3 is 2.76 bits per heavy atom. The minimum absolute atomic E-state index is 0.0487. The standard InChI is InChI=1S/C16H24ClN3O/c1-3-18-15-5-4-13(17)10-14(15)16(21)19-11-12-6-8-20(2)9-7-12/h4-5,10,12,18H,3,6-9,11H2,1-2H3,(H,19,21). The van der Waals surface area contributed by atoms with Gasteiger partial charge in [-0.25, -0.2) is 0 Å². The summed E-state index contributed by atoms with van der Waals surface area (Å²) in [4.78, 5) is 14.7. The van der Waals surface area contributed by atoms with Crippen LogP contribution in [0.1, 0.15) is 30.1 Å². The zero-order chi connectivity index (χ0) is 15.2. The van der Waals surface area contributed by atoms with E-state index in [9.17, 15) is 4.79 Å². The van der Waals surface area contributed by atoms with Crippen molar-refractivity contribution in [2.24, 2.45) is 5.92 Å². The van der Waals surface area contributed by atoms with Gasteiger partial charge in [0, 0.05) is 23.8 Å². The summed E-state index contributed by atoms with van der Waals surface area (Å²) in [5.74, 6) is 0.527. The molecule has 0 atom stereocenters. The number of carbonyl (C=O) groups excluding carboxylic acids is 1. The number of hydrogen-bond donors (Lipinski definition) is 2. The smallest absolute Gasteiger partial charge is 0.253 e. The molecular formula is C16H24ClN3O. The van der Waals surface area contributed by atoms with E-state index in [0.717, 1.165) is 44.7 Å². The van der Waals surface area contributed by atoms with Crippen molar-refractivity contribution in [3.05, 3.63) is 28.8 Å². The van der Waals surface area contributed by atoms with Crippen LogP contribution in [0.15, 0.2) is 18.2 Å². The van der Waals surface area contributed by atoms with E-state index >= 15 is 0 Å². The molecule has 1 aliphatic rings. The molecule has 0 aromatic heterocycles. The SMILES string of the molecule is CCNc1ccc(Cl)cc1C(=O)NCC1CCN(C)CC1. The predicted octanol–water partition coefficient (Wildman–Crippen LogP) is 2.84. The number of piperidine rings is 1. The molecule has 0 radical (unpaired) electrons. The number of benzene rings is 1. The molecule has 1 heterocycles. The highest BCUT2D eigenvalue weighted by Gasteiger charge is 2.18. The maximum absolute atomic E-state index is 12.4. The fraction of sp³-hybridized carbons (Fsp3) is 0.562. The van der Waals surface area contributed by atoms with E-state index in [4.69, 9.17) is 11.6 Å². The zero-order valence-electron chi connectivity index (χ0n) is 12.8. The largest absolute Gasteiger partial charge is 0.385 e. The Hall–Kier alpha value is -1.26. The van der Waals surface area contributed by atoms with Gasteiger partial charge in [0.05, 0.1) is 5.56 Å². The summed E-state index contributed by atoms with van der Waals surface area (Å²) >= 11 is 6.01. The van der Waals surface area contributed by atoms with Crippen LogP contribution in [0.2, 0.25) is 5.02 Å². The van der Waals surface area contributed by atoms with Crippen LogP contribution in [0.5, 0.6) is 0 Å². The maximum Gasteiger partial charge on any atom is 0.253 e. The van der Waals surface area contributed by atoms with Gasteiger partial charge in [-0.05, 0) is 64.0 Å².